The summed E-state index contributed by atoms with van der Waals surface area (Å²) in [5.74, 6) is -1.71. The largest absolute Gasteiger partial charge is 0.455 e. The number of halogens is 1. The van der Waals surface area contributed by atoms with Crippen molar-refractivity contribution in [3.8, 4) is 0 Å². The zero-order valence-corrected chi connectivity index (χ0v) is 18.0. The summed E-state index contributed by atoms with van der Waals surface area (Å²) >= 11 is 0. The molecule has 2 aromatic carbocycles. The Kier molecular flexibility index (Phi) is 6.43. The number of nitrogens with one attached hydrogen (secondary N) is 1. The minimum atomic E-state index is -0.673. The van der Waals surface area contributed by atoms with Gasteiger partial charge in [0.1, 0.15) is 12.4 Å². The molecule has 1 aliphatic rings. The van der Waals surface area contributed by atoms with Gasteiger partial charge >= 0.3 is 5.97 Å². The number of esters is 1. The zero-order valence-electron chi connectivity index (χ0n) is 18.0. The molecule has 1 N–H and O–H groups in total. The number of rotatable bonds is 7. The van der Waals surface area contributed by atoms with E-state index in [0.717, 1.165) is 5.56 Å². The van der Waals surface area contributed by atoms with Gasteiger partial charge in [-0.3, -0.25) is 14.4 Å². The SMILES string of the molecule is CC(C)(C)N(CC(=O)Nc1ccc(F)cc1)C(=O)COC(=O)C1(c2ccccc2)CC1. The van der Waals surface area contributed by atoms with Crippen LogP contribution in [0.25, 0.3) is 0 Å². The lowest BCUT2D eigenvalue weighted by molar-refractivity contribution is -0.156. The van der Waals surface area contributed by atoms with Crippen LogP contribution in [0.2, 0.25) is 0 Å². The molecule has 7 heteroatoms. The third-order valence-electron chi connectivity index (χ3n) is 5.33. The summed E-state index contributed by atoms with van der Waals surface area (Å²) in [5, 5.41) is 2.64. The van der Waals surface area contributed by atoms with Crippen molar-refractivity contribution in [2.24, 2.45) is 0 Å². The predicted octanol–water partition coefficient (Wildman–Crippen LogP) is 3.67. The Labute approximate surface area is 181 Å². The van der Waals surface area contributed by atoms with Gasteiger partial charge in [0.25, 0.3) is 5.91 Å². The van der Waals surface area contributed by atoms with Crippen LogP contribution in [0.1, 0.15) is 39.2 Å². The highest BCUT2D eigenvalue weighted by atomic mass is 19.1. The van der Waals surface area contributed by atoms with E-state index < -0.39 is 41.2 Å². The molecular formula is C24H27FN2O4. The second-order valence-electron chi connectivity index (χ2n) is 8.73. The molecule has 0 radical (unpaired) electrons. The van der Waals surface area contributed by atoms with Gasteiger partial charge in [-0.15, -0.1) is 0 Å². The van der Waals surface area contributed by atoms with Crippen molar-refractivity contribution in [2.75, 3.05) is 18.5 Å². The quantitative estimate of drug-likeness (QED) is 0.686. The Morgan fingerprint density at radius 1 is 1.03 bits per heavy atom. The normalized spacial score (nSPS) is 14.5. The van der Waals surface area contributed by atoms with Crippen LogP contribution in [-0.2, 0) is 24.5 Å². The van der Waals surface area contributed by atoms with Gasteiger partial charge in [-0.05, 0) is 63.4 Å². The van der Waals surface area contributed by atoms with Gasteiger partial charge in [0.2, 0.25) is 5.91 Å². The van der Waals surface area contributed by atoms with E-state index in [1.165, 1.54) is 29.2 Å². The minimum absolute atomic E-state index is 0.221. The topological polar surface area (TPSA) is 75.7 Å². The Hall–Kier alpha value is -3.22. The molecule has 0 aromatic heterocycles. The van der Waals surface area contributed by atoms with Crippen LogP contribution >= 0.6 is 0 Å². The molecule has 164 valence electrons. The summed E-state index contributed by atoms with van der Waals surface area (Å²) in [6, 6.07) is 14.8. The lowest BCUT2D eigenvalue weighted by Gasteiger charge is -2.35. The number of carbonyl (C=O) groups excluding carboxylic acids is 3. The summed E-state index contributed by atoms with van der Waals surface area (Å²) in [7, 11) is 0. The maximum absolute atomic E-state index is 13.0. The molecule has 0 heterocycles. The van der Waals surface area contributed by atoms with Gasteiger partial charge in [-0.25, -0.2) is 4.39 Å². The molecule has 0 bridgehead atoms. The summed E-state index contributed by atoms with van der Waals surface area (Å²) in [5.41, 5.74) is -0.0227. The first-order chi connectivity index (χ1) is 14.6. The van der Waals surface area contributed by atoms with Crippen molar-refractivity contribution in [1.29, 1.82) is 0 Å². The predicted molar refractivity (Wildman–Crippen MR) is 115 cm³/mol. The molecule has 0 unspecified atom stereocenters. The highest BCUT2D eigenvalue weighted by Crippen LogP contribution is 2.49. The van der Waals surface area contributed by atoms with Crippen LogP contribution in [-0.4, -0.2) is 41.4 Å². The Balaban J connectivity index is 1.60. The molecule has 0 spiro atoms. The van der Waals surface area contributed by atoms with Gasteiger partial charge in [0.15, 0.2) is 6.61 Å². The molecular weight excluding hydrogens is 399 g/mol. The van der Waals surface area contributed by atoms with Crippen molar-refractivity contribution in [3.05, 3.63) is 66.0 Å². The molecule has 0 saturated heterocycles. The maximum Gasteiger partial charge on any atom is 0.317 e. The number of hydrogen-bond acceptors (Lipinski definition) is 4. The summed E-state index contributed by atoms with van der Waals surface area (Å²) in [6.07, 6.45) is 1.38. The molecule has 6 nitrogen and oxygen atoms in total. The van der Waals surface area contributed by atoms with Gasteiger partial charge in [0.05, 0.1) is 5.41 Å². The highest BCUT2D eigenvalue weighted by Gasteiger charge is 2.53. The third kappa shape index (κ3) is 5.48. The van der Waals surface area contributed by atoms with E-state index in [0.29, 0.717) is 18.5 Å². The van der Waals surface area contributed by atoms with Gasteiger partial charge < -0.3 is 15.0 Å². The number of nitrogens with zero attached hydrogens (tertiary/aromatic N) is 1. The molecule has 3 rings (SSSR count). The van der Waals surface area contributed by atoms with E-state index >= 15 is 0 Å². The van der Waals surface area contributed by atoms with Crippen LogP contribution in [0.15, 0.2) is 54.6 Å². The van der Waals surface area contributed by atoms with E-state index in [-0.39, 0.29) is 6.54 Å². The molecule has 2 amide bonds. The minimum Gasteiger partial charge on any atom is -0.455 e. The van der Waals surface area contributed by atoms with Crippen molar-refractivity contribution in [1.82, 2.24) is 4.90 Å². The van der Waals surface area contributed by atoms with Crippen LogP contribution in [0, 0.1) is 5.82 Å². The molecule has 0 aliphatic heterocycles. The van der Waals surface area contributed by atoms with Crippen molar-refractivity contribution >= 4 is 23.5 Å². The highest BCUT2D eigenvalue weighted by molar-refractivity contribution is 5.95. The van der Waals surface area contributed by atoms with Crippen molar-refractivity contribution in [2.45, 2.75) is 44.6 Å². The number of carbonyl (C=O) groups is 3. The van der Waals surface area contributed by atoms with E-state index in [2.05, 4.69) is 5.32 Å². The van der Waals surface area contributed by atoms with Gasteiger partial charge in [0, 0.05) is 11.2 Å². The first kappa shape index (κ1) is 22.5. The molecule has 2 aromatic rings. The first-order valence-electron chi connectivity index (χ1n) is 10.2. The maximum atomic E-state index is 13.0. The van der Waals surface area contributed by atoms with Crippen LogP contribution in [0.5, 0.6) is 0 Å². The molecule has 1 saturated carbocycles. The summed E-state index contributed by atoms with van der Waals surface area (Å²) in [6.45, 7) is 4.73. The molecule has 1 fully saturated rings. The Bertz CT molecular complexity index is 948. The average Bonchev–Trinajstić information content (AvgIpc) is 3.54. The lowest BCUT2D eigenvalue weighted by atomic mass is 9.96. The second kappa shape index (κ2) is 8.88. The smallest absolute Gasteiger partial charge is 0.317 e. The second-order valence-corrected chi connectivity index (χ2v) is 8.73. The summed E-state index contributed by atoms with van der Waals surface area (Å²) < 4.78 is 18.4. The number of anilines is 1. The Morgan fingerprint density at radius 3 is 2.19 bits per heavy atom. The fourth-order valence-electron chi connectivity index (χ4n) is 3.41. The van der Waals surface area contributed by atoms with Crippen LogP contribution < -0.4 is 5.32 Å². The summed E-state index contributed by atoms with van der Waals surface area (Å²) in [4.78, 5) is 39.3. The van der Waals surface area contributed by atoms with E-state index in [1.807, 2.05) is 30.3 Å². The zero-order chi connectivity index (χ0) is 22.6. The van der Waals surface area contributed by atoms with E-state index in [4.69, 9.17) is 4.74 Å². The monoisotopic (exact) mass is 426 g/mol. The number of hydrogen-bond donors (Lipinski definition) is 1. The molecule has 31 heavy (non-hydrogen) atoms. The van der Waals surface area contributed by atoms with Crippen LogP contribution in [0.3, 0.4) is 0 Å². The number of benzene rings is 2. The van der Waals surface area contributed by atoms with E-state index in [1.54, 1.807) is 20.8 Å². The number of ether oxygens (including phenoxy) is 1. The average molecular weight is 426 g/mol. The molecule has 1 aliphatic carbocycles. The lowest BCUT2D eigenvalue weighted by Crippen LogP contribution is -2.51. The first-order valence-corrected chi connectivity index (χ1v) is 10.2. The van der Waals surface area contributed by atoms with Crippen LogP contribution in [0.4, 0.5) is 10.1 Å². The third-order valence-corrected chi connectivity index (χ3v) is 5.33. The standard InChI is InChI=1S/C24H27FN2O4/c1-23(2,3)27(15-20(28)26-19-11-9-18(25)10-12-19)21(29)16-31-22(30)24(13-14-24)17-7-5-4-6-8-17/h4-12H,13-16H2,1-3H3,(H,26,28). The Morgan fingerprint density at radius 2 is 1.65 bits per heavy atom. The fraction of sp³-hybridized carbons (Fsp3) is 0.375. The van der Waals surface area contributed by atoms with Gasteiger partial charge in [-0.1, -0.05) is 30.3 Å². The fourth-order valence-corrected chi connectivity index (χ4v) is 3.41. The molecule has 0 atom stereocenters. The van der Waals surface area contributed by atoms with Crippen molar-refractivity contribution in [3.63, 3.8) is 0 Å². The number of amides is 2. The van der Waals surface area contributed by atoms with Gasteiger partial charge in [-0.2, -0.15) is 0 Å². The van der Waals surface area contributed by atoms with Crippen molar-refractivity contribution < 1.29 is 23.5 Å². The van der Waals surface area contributed by atoms with E-state index in [9.17, 15) is 18.8 Å².